The van der Waals surface area contributed by atoms with Crippen molar-refractivity contribution in [1.82, 2.24) is 5.32 Å². The number of carbonyl (C=O) groups is 1. The van der Waals surface area contributed by atoms with Gasteiger partial charge in [-0.05, 0) is 45.6 Å². The molecule has 3 heteroatoms. The van der Waals surface area contributed by atoms with E-state index >= 15 is 0 Å². The third-order valence-electron chi connectivity index (χ3n) is 2.20. The van der Waals surface area contributed by atoms with Gasteiger partial charge in [-0.25, -0.2) is 0 Å². The Bertz CT molecular complexity index is 275. The predicted octanol–water partition coefficient (Wildman–Crippen LogP) is 1.94. The molecule has 0 bridgehead atoms. The van der Waals surface area contributed by atoms with Crippen LogP contribution in [0.5, 0.6) is 0 Å². The van der Waals surface area contributed by atoms with Crippen LogP contribution < -0.4 is 5.32 Å². The van der Waals surface area contributed by atoms with Crippen LogP contribution in [0.15, 0.2) is 17.1 Å². The van der Waals surface area contributed by atoms with Crippen molar-refractivity contribution in [2.75, 3.05) is 6.54 Å². The Kier molecular flexibility index (Phi) is 4.53. The smallest absolute Gasteiger partial charge is 0.269 e. The Morgan fingerprint density at radius 3 is 2.67 bits per heavy atom. The van der Waals surface area contributed by atoms with E-state index in [0.29, 0.717) is 11.6 Å². The number of aliphatic imine (C=N–C) groups is 1. The van der Waals surface area contributed by atoms with Crippen LogP contribution in [0.2, 0.25) is 0 Å². The first-order chi connectivity index (χ1) is 7.13. The summed E-state index contributed by atoms with van der Waals surface area (Å²) in [4.78, 5) is 16.0. The van der Waals surface area contributed by atoms with Crippen molar-refractivity contribution in [2.45, 2.75) is 39.7 Å². The number of carbonyl (C=O) groups excluding carboxylic acids is 1. The Labute approximate surface area is 91.7 Å². The Balaban J connectivity index is 2.49. The lowest BCUT2D eigenvalue weighted by Gasteiger charge is -2.05. The molecule has 0 aromatic heterocycles. The van der Waals surface area contributed by atoms with Crippen molar-refractivity contribution in [3.8, 4) is 0 Å². The topological polar surface area (TPSA) is 41.5 Å². The van der Waals surface area contributed by atoms with Gasteiger partial charge in [0.2, 0.25) is 0 Å². The molecule has 0 radical (unpaired) electrons. The molecule has 1 N–H and O–H groups in total. The van der Waals surface area contributed by atoms with Crippen molar-refractivity contribution in [3.63, 3.8) is 0 Å². The second-order valence-corrected chi connectivity index (χ2v) is 4.26. The van der Waals surface area contributed by atoms with E-state index in [9.17, 15) is 4.79 Å². The van der Waals surface area contributed by atoms with Crippen molar-refractivity contribution in [3.05, 3.63) is 12.2 Å². The van der Waals surface area contributed by atoms with Gasteiger partial charge in [0.25, 0.3) is 5.91 Å². The molecule has 1 rings (SSSR count). The molecule has 0 unspecified atom stereocenters. The van der Waals surface area contributed by atoms with Crippen molar-refractivity contribution in [2.24, 2.45) is 10.9 Å². The molecule has 0 saturated heterocycles. The van der Waals surface area contributed by atoms with Crippen molar-refractivity contribution >= 4 is 11.6 Å². The number of allylic oxidation sites excluding steroid dienone is 1. The fourth-order valence-electron chi connectivity index (χ4n) is 1.26. The molecule has 1 fully saturated rings. The van der Waals surface area contributed by atoms with Gasteiger partial charge in [0, 0.05) is 12.6 Å². The van der Waals surface area contributed by atoms with E-state index < -0.39 is 0 Å². The number of rotatable bonds is 5. The summed E-state index contributed by atoms with van der Waals surface area (Å²) in [5, 5.41) is 2.91. The second kappa shape index (κ2) is 5.69. The summed E-state index contributed by atoms with van der Waals surface area (Å²) in [6.45, 7) is 6.63. The molecular weight excluding hydrogens is 188 g/mol. The summed E-state index contributed by atoms with van der Waals surface area (Å²) in [6.07, 6.45) is 6.11. The molecule has 1 amide bonds. The highest BCUT2D eigenvalue weighted by atomic mass is 16.1. The molecule has 1 aliphatic carbocycles. The number of nitrogens with zero attached hydrogens (tertiary/aromatic N) is 1. The fraction of sp³-hybridized carbons (Fsp3) is 0.667. The van der Waals surface area contributed by atoms with E-state index in [1.54, 1.807) is 6.08 Å². The van der Waals surface area contributed by atoms with Gasteiger partial charge >= 0.3 is 0 Å². The monoisotopic (exact) mass is 208 g/mol. The van der Waals surface area contributed by atoms with Gasteiger partial charge in [0.15, 0.2) is 0 Å². The van der Waals surface area contributed by atoms with Gasteiger partial charge in [-0.1, -0.05) is 6.08 Å². The summed E-state index contributed by atoms with van der Waals surface area (Å²) in [5.41, 5.74) is 0.535. The van der Waals surface area contributed by atoms with Crippen LogP contribution in [0.4, 0.5) is 0 Å². The maximum absolute atomic E-state index is 11.7. The SMILES string of the molecule is C/C=C\C(=NC(C)C)C(=O)NCC1CC1. The van der Waals surface area contributed by atoms with E-state index in [-0.39, 0.29) is 11.9 Å². The standard InChI is InChI=1S/C12H20N2O/c1-4-5-11(14-9(2)3)12(15)13-8-10-6-7-10/h4-5,9-10H,6-8H2,1-3H3,(H,13,15)/b5-4-,14-11?. The van der Waals surface area contributed by atoms with Crippen LogP contribution in [-0.2, 0) is 4.79 Å². The summed E-state index contributed by atoms with van der Waals surface area (Å²) in [7, 11) is 0. The first-order valence-electron chi connectivity index (χ1n) is 5.62. The van der Waals surface area contributed by atoms with Crippen LogP contribution in [0.25, 0.3) is 0 Å². The average molecular weight is 208 g/mol. The number of hydrogen-bond acceptors (Lipinski definition) is 2. The lowest BCUT2D eigenvalue weighted by atomic mass is 10.3. The molecule has 0 aromatic carbocycles. The molecule has 0 atom stereocenters. The van der Waals surface area contributed by atoms with Gasteiger partial charge < -0.3 is 5.32 Å². The largest absolute Gasteiger partial charge is 0.350 e. The average Bonchev–Trinajstić information content (AvgIpc) is 2.96. The molecule has 15 heavy (non-hydrogen) atoms. The predicted molar refractivity (Wildman–Crippen MR) is 63.1 cm³/mol. The molecule has 1 aliphatic rings. The molecule has 0 aromatic rings. The number of nitrogens with one attached hydrogen (secondary N) is 1. The number of amides is 1. The van der Waals surface area contributed by atoms with E-state index in [4.69, 9.17) is 0 Å². The van der Waals surface area contributed by atoms with Gasteiger partial charge in [0.1, 0.15) is 5.71 Å². The zero-order valence-electron chi connectivity index (χ0n) is 9.79. The van der Waals surface area contributed by atoms with Crippen molar-refractivity contribution < 1.29 is 4.79 Å². The Morgan fingerprint density at radius 2 is 2.20 bits per heavy atom. The summed E-state index contributed by atoms with van der Waals surface area (Å²) < 4.78 is 0. The first kappa shape index (κ1) is 12.0. The van der Waals surface area contributed by atoms with Crippen LogP contribution in [-0.4, -0.2) is 24.2 Å². The van der Waals surface area contributed by atoms with E-state index in [1.165, 1.54) is 12.8 Å². The minimum Gasteiger partial charge on any atom is -0.350 e. The Morgan fingerprint density at radius 1 is 1.53 bits per heavy atom. The third-order valence-corrected chi connectivity index (χ3v) is 2.20. The zero-order valence-corrected chi connectivity index (χ0v) is 9.79. The van der Waals surface area contributed by atoms with Crippen LogP contribution in [0.3, 0.4) is 0 Å². The normalized spacial score (nSPS) is 17.5. The Hall–Kier alpha value is -1.12. The molecule has 0 aliphatic heterocycles. The van der Waals surface area contributed by atoms with Crippen LogP contribution in [0.1, 0.15) is 33.6 Å². The second-order valence-electron chi connectivity index (χ2n) is 4.26. The fourth-order valence-corrected chi connectivity index (χ4v) is 1.26. The number of hydrogen-bond donors (Lipinski definition) is 1. The van der Waals surface area contributed by atoms with E-state index in [2.05, 4.69) is 10.3 Å². The molecule has 1 saturated carbocycles. The molecule has 3 nitrogen and oxygen atoms in total. The highest BCUT2D eigenvalue weighted by molar-refractivity contribution is 6.43. The minimum atomic E-state index is -0.0475. The highest BCUT2D eigenvalue weighted by Gasteiger charge is 2.22. The van der Waals surface area contributed by atoms with Gasteiger partial charge in [0.05, 0.1) is 0 Å². The van der Waals surface area contributed by atoms with E-state index in [0.717, 1.165) is 6.54 Å². The third kappa shape index (κ3) is 4.77. The lowest BCUT2D eigenvalue weighted by Crippen LogP contribution is -2.32. The van der Waals surface area contributed by atoms with Gasteiger partial charge in [-0.15, -0.1) is 0 Å². The lowest BCUT2D eigenvalue weighted by molar-refractivity contribution is -0.114. The maximum atomic E-state index is 11.7. The maximum Gasteiger partial charge on any atom is 0.269 e. The van der Waals surface area contributed by atoms with Gasteiger partial charge in [-0.3, -0.25) is 9.79 Å². The highest BCUT2D eigenvalue weighted by Crippen LogP contribution is 2.27. The first-order valence-corrected chi connectivity index (χ1v) is 5.62. The summed E-state index contributed by atoms with van der Waals surface area (Å²) in [6, 6.07) is 0.155. The zero-order chi connectivity index (χ0) is 11.3. The van der Waals surface area contributed by atoms with Crippen LogP contribution >= 0.6 is 0 Å². The van der Waals surface area contributed by atoms with Crippen LogP contribution in [0, 0.1) is 5.92 Å². The summed E-state index contributed by atoms with van der Waals surface area (Å²) >= 11 is 0. The minimum absolute atomic E-state index is 0.0475. The molecule has 0 heterocycles. The molecule has 0 spiro atoms. The molecular formula is C12H20N2O. The van der Waals surface area contributed by atoms with Gasteiger partial charge in [-0.2, -0.15) is 0 Å². The molecule has 84 valence electrons. The summed E-state index contributed by atoms with van der Waals surface area (Å²) in [5.74, 6) is 0.661. The van der Waals surface area contributed by atoms with Crippen molar-refractivity contribution in [1.29, 1.82) is 0 Å². The van der Waals surface area contributed by atoms with E-state index in [1.807, 2.05) is 26.8 Å². The quantitative estimate of drug-likeness (QED) is 0.689.